The lowest BCUT2D eigenvalue weighted by Gasteiger charge is -2.36. The molecule has 0 spiro atoms. The summed E-state index contributed by atoms with van der Waals surface area (Å²) in [6, 6.07) is 14.8. The van der Waals surface area contributed by atoms with E-state index in [0.717, 1.165) is 36.5 Å². The Hall–Kier alpha value is -4.62. The van der Waals surface area contributed by atoms with Gasteiger partial charge in [0.2, 0.25) is 0 Å². The fraction of sp³-hybridized carbons (Fsp3) is 0.108. The first kappa shape index (κ1) is 41.1. The van der Waals surface area contributed by atoms with Crippen molar-refractivity contribution in [2.24, 2.45) is 0 Å². The van der Waals surface area contributed by atoms with E-state index < -0.39 is 28.6 Å². The number of aromatic nitrogens is 7. The summed E-state index contributed by atoms with van der Waals surface area (Å²) in [5.41, 5.74) is -0.996. The van der Waals surface area contributed by atoms with Gasteiger partial charge in [0.05, 0.1) is 28.2 Å². The molecule has 3 aromatic carbocycles. The Morgan fingerprint density at radius 2 is 1.00 bits per heavy atom. The predicted octanol–water partition coefficient (Wildman–Crippen LogP) is 13.3. The van der Waals surface area contributed by atoms with Crippen molar-refractivity contribution < 1.29 is 26.3 Å². The molecule has 59 heavy (non-hydrogen) atoms. The first-order chi connectivity index (χ1) is 28.1. The Morgan fingerprint density at radius 3 is 1.42 bits per heavy atom. The van der Waals surface area contributed by atoms with Gasteiger partial charge in [0, 0.05) is 32.9 Å². The van der Waals surface area contributed by atoms with E-state index in [0.29, 0.717) is 50.9 Å². The SMILES string of the molecule is FC(F)(F)c1ccc(N(c2ncnc3sc(Cc4c(Cl)cccc4Cl)nc23)N(c2ccc(C(F)(F)F)c(Cl)c2)c2ncnc3sc(Cc4c(Cl)cccc4Cl)nc23)cn1. The Labute approximate surface area is 361 Å². The van der Waals surface area contributed by atoms with Gasteiger partial charge in [0.25, 0.3) is 0 Å². The molecule has 0 saturated heterocycles. The summed E-state index contributed by atoms with van der Waals surface area (Å²) in [5, 5.41) is 4.40. The molecule has 0 aliphatic heterocycles. The van der Waals surface area contributed by atoms with Gasteiger partial charge in [-0.2, -0.15) is 26.3 Å². The molecule has 22 heteroatoms. The van der Waals surface area contributed by atoms with Crippen molar-refractivity contribution >= 4 is 124 Å². The van der Waals surface area contributed by atoms with Gasteiger partial charge >= 0.3 is 12.4 Å². The monoisotopic (exact) mass is 941 g/mol. The third kappa shape index (κ3) is 8.29. The fourth-order valence-electron chi connectivity index (χ4n) is 5.95. The topological polar surface area (TPSA) is 96.7 Å². The van der Waals surface area contributed by atoms with Gasteiger partial charge in [0.15, 0.2) is 11.6 Å². The quantitative estimate of drug-likeness (QED) is 0.103. The van der Waals surface area contributed by atoms with Crippen molar-refractivity contribution in [1.29, 1.82) is 0 Å². The molecule has 0 N–H and O–H groups in total. The van der Waals surface area contributed by atoms with Crippen LogP contribution in [-0.4, -0.2) is 34.9 Å². The zero-order valence-corrected chi connectivity index (χ0v) is 34.4. The average Bonchev–Trinajstić information content (AvgIpc) is 3.80. The van der Waals surface area contributed by atoms with Crippen LogP contribution < -0.4 is 10.0 Å². The summed E-state index contributed by atoms with van der Waals surface area (Å²) in [5.74, 6) is -0.0751. The number of fused-ring (bicyclic) bond motifs is 2. The minimum atomic E-state index is -4.83. The molecule has 0 bridgehead atoms. The Balaban J connectivity index is 1.38. The predicted molar refractivity (Wildman–Crippen MR) is 219 cm³/mol. The molecule has 9 nitrogen and oxygen atoms in total. The van der Waals surface area contributed by atoms with E-state index in [-0.39, 0.29) is 46.9 Å². The van der Waals surface area contributed by atoms with Crippen LogP contribution in [0.15, 0.2) is 85.6 Å². The van der Waals surface area contributed by atoms with E-state index in [1.54, 1.807) is 36.4 Å². The lowest BCUT2D eigenvalue weighted by Crippen LogP contribution is -2.37. The molecule has 0 amide bonds. The maximum Gasteiger partial charge on any atom is 0.433 e. The van der Waals surface area contributed by atoms with Crippen LogP contribution in [0, 0.1) is 0 Å². The van der Waals surface area contributed by atoms with Gasteiger partial charge in [-0.15, -0.1) is 0 Å². The van der Waals surface area contributed by atoms with Gasteiger partial charge in [-0.1, -0.05) is 92.8 Å². The third-order valence-corrected chi connectivity index (χ3v) is 12.3. The summed E-state index contributed by atoms with van der Waals surface area (Å²) in [6.45, 7) is 0. The number of alkyl halides is 6. The van der Waals surface area contributed by atoms with Crippen LogP contribution in [-0.2, 0) is 25.2 Å². The largest absolute Gasteiger partial charge is 0.433 e. The van der Waals surface area contributed by atoms with Crippen LogP contribution in [0.5, 0.6) is 0 Å². The smallest absolute Gasteiger partial charge is 0.250 e. The first-order valence-corrected chi connectivity index (χ1v) is 20.2. The number of thiazole rings is 2. The van der Waals surface area contributed by atoms with Gasteiger partial charge < -0.3 is 0 Å². The highest BCUT2D eigenvalue weighted by molar-refractivity contribution is 7.18. The number of hydrogen-bond acceptors (Lipinski definition) is 11. The van der Waals surface area contributed by atoms with Crippen molar-refractivity contribution in [3.05, 3.63) is 143 Å². The van der Waals surface area contributed by atoms with E-state index in [9.17, 15) is 26.3 Å². The van der Waals surface area contributed by atoms with Crippen molar-refractivity contribution in [3.63, 3.8) is 0 Å². The molecule has 8 aromatic rings. The third-order valence-electron chi connectivity index (χ3n) is 8.61. The number of nitrogens with zero attached hydrogens (tertiary/aromatic N) is 9. The van der Waals surface area contributed by atoms with Crippen LogP contribution in [0.1, 0.15) is 32.4 Å². The second kappa shape index (κ2) is 16.1. The summed E-state index contributed by atoms with van der Waals surface area (Å²) < 4.78 is 83.8. The minimum absolute atomic E-state index is 0.0367. The first-order valence-electron chi connectivity index (χ1n) is 16.6. The number of pyridine rings is 1. The van der Waals surface area contributed by atoms with Crippen molar-refractivity contribution in [1.82, 2.24) is 34.9 Å². The summed E-state index contributed by atoms with van der Waals surface area (Å²) in [6.07, 6.45) is -5.97. The molecule has 0 aliphatic carbocycles. The molecular weight excluding hydrogens is 926 g/mol. The van der Waals surface area contributed by atoms with Crippen LogP contribution in [0.4, 0.5) is 49.4 Å². The molecule has 300 valence electrons. The lowest BCUT2D eigenvalue weighted by atomic mass is 10.1. The highest BCUT2D eigenvalue weighted by Crippen LogP contribution is 2.44. The molecule has 0 radical (unpaired) electrons. The van der Waals surface area contributed by atoms with Gasteiger partial charge in [-0.05, 0) is 65.7 Å². The van der Waals surface area contributed by atoms with E-state index in [1.165, 1.54) is 45.3 Å². The van der Waals surface area contributed by atoms with Gasteiger partial charge in [0.1, 0.15) is 49.1 Å². The average molecular weight is 944 g/mol. The van der Waals surface area contributed by atoms with E-state index >= 15 is 0 Å². The molecule has 0 atom stereocenters. The molecule has 8 rings (SSSR count). The number of hydrogen-bond donors (Lipinski definition) is 0. The fourth-order valence-corrected chi connectivity index (χ4v) is 9.11. The van der Waals surface area contributed by atoms with Crippen LogP contribution in [0.25, 0.3) is 20.7 Å². The Kier molecular flexibility index (Phi) is 11.2. The minimum Gasteiger partial charge on any atom is -0.250 e. The molecule has 5 aromatic heterocycles. The summed E-state index contributed by atoms with van der Waals surface area (Å²) >= 11 is 34.6. The molecule has 0 aliphatic rings. The van der Waals surface area contributed by atoms with Crippen LogP contribution in [0.3, 0.4) is 0 Å². The van der Waals surface area contributed by atoms with Gasteiger partial charge in [-0.25, -0.2) is 44.9 Å². The number of rotatable bonds is 9. The van der Waals surface area contributed by atoms with Crippen molar-refractivity contribution in [2.75, 3.05) is 10.0 Å². The molecular formula is C37H18Cl5F6N9S2. The molecule has 0 fully saturated rings. The maximum absolute atomic E-state index is 14.1. The van der Waals surface area contributed by atoms with Crippen molar-refractivity contribution in [2.45, 2.75) is 25.2 Å². The highest BCUT2D eigenvalue weighted by Gasteiger charge is 2.37. The highest BCUT2D eigenvalue weighted by atomic mass is 35.5. The summed E-state index contributed by atoms with van der Waals surface area (Å²) in [7, 11) is 0. The number of anilines is 4. The normalized spacial score (nSPS) is 12.1. The second-order valence-electron chi connectivity index (χ2n) is 12.4. The zero-order valence-electron chi connectivity index (χ0n) is 29.0. The Bertz CT molecular complexity index is 2830. The van der Waals surface area contributed by atoms with Gasteiger partial charge in [-0.3, -0.25) is 0 Å². The number of halogens is 11. The van der Waals surface area contributed by atoms with Crippen LogP contribution in [0.2, 0.25) is 25.1 Å². The molecule has 5 heterocycles. The van der Waals surface area contributed by atoms with E-state index in [1.807, 2.05) is 0 Å². The number of hydrazine groups is 1. The van der Waals surface area contributed by atoms with Crippen LogP contribution >= 0.6 is 80.7 Å². The van der Waals surface area contributed by atoms with E-state index in [4.69, 9.17) is 68.0 Å². The molecule has 0 unspecified atom stereocenters. The summed E-state index contributed by atoms with van der Waals surface area (Å²) in [4.78, 5) is 31.9. The van der Waals surface area contributed by atoms with E-state index in [2.05, 4.69) is 24.9 Å². The maximum atomic E-state index is 14.1. The number of benzene rings is 3. The second-order valence-corrected chi connectivity index (χ2v) is 16.5. The van der Waals surface area contributed by atoms with Crippen molar-refractivity contribution in [3.8, 4) is 0 Å². The lowest BCUT2D eigenvalue weighted by molar-refractivity contribution is -0.141. The molecule has 0 saturated carbocycles. The standard InChI is InChI=1S/C37H18Cl5F6N9S2/c38-22-3-1-4-23(39)19(22)12-28-54-30-32(50-15-52-34(30)58-28)56(17-7-9-21(26(42)11-17)36(43,44)45)57(18-8-10-27(49-14-18)37(46,47)48)33-31-35(53-16-51-33)59-29(55-31)13-20-24(40)5-2-6-25(20)41/h1-11,14-16H,12-13H2. The Morgan fingerprint density at radius 1 is 0.525 bits per heavy atom. The zero-order chi connectivity index (χ0) is 41.8.